The zero-order valence-electron chi connectivity index (χ0n) is 15.3. The lowest BCUT2D eigenvalue weighted by molar-refractivity contribution is -0.132. The van der Waals surface area contributed by atoms with Gasteiger partial charge in [0.15, 0.2) is 0 Å². The number of carbonyl (C=O) groups is 1. The highest BCUT2D eigenvalue weighted by molar-refractivity contribution is 7.89. The normalized spacial score (nSPS) is 19.5. The summed E-state index contributed by atoms with van der Waals surface area (Å²) in [6, 6.07) is 6.31. The van der Waals surface area contributed by atoms with Crippen molar-refractivity contribution in [2.45, 2.75) is 30.6 Å². The fraction of sp³-hybridized carbons (Fsp3) is 0.611. The second-order valence-corrected chi connectivity index (χ2v) is 9.35. The standard InChI is InChI=1S/C18H26ClN3O3S.ClH/c19-16-2-1-3-17(14-16)26(24,25)22-12-10-21(11-13-22)18(23)5-4-15-6-8-20-9-7-15;/h1-3,14-15,20H,4-13H2;1H. The van der Waals surface area contributed by atoms with Crippen LogP contribution in [-0.4, -0.2) is 62.8 Å². The lowest BCUT2D eigenvalue weighted by Gasteiger charge is -2.34. The minimum Gasteiger partial charge on any atom is -0.340 e. The third kappa shape index (κ3) is 5.81. The molecule has 0 saturated carbocycles. The average Bonchev–Trinajstić information content (AvgIpc) is 2.67. The summed E-state index contributed by atoms with van der Waals surface area (Å²) in [5.41, 5.74) is 0. The van der Waals surface area contributed by atoms with Crippen molar-refractivity contribution >= 4 is 39.9 Å². The van der Waals surface area contributed by atoms with E-state index in [0.717, 1.165) is 32.4 Å². The van der Waals surface area contributed by atoms with E-state index in [0.29, 0.717) is 43.5 Å². The third-order valence-electron chi connectivity index (χ3n) is 5.25. The molecule has 152 valence electrons. The molecule has 0 spiro atoms. The van der Waals surface area contributed by atoms with Gasteiger partial charge < -0.3 is 10.2 Å². The van der Waals surface area contributed by atoms with Crippen molar-refractivity contribution in [1.29, 1.82) is 0 Å². The van der Waals surface area contributed by atoms with Crippen molar-refractivity contribution in [2.24, 2.45) is 5.92 Å². The van der Waals surface area contributed by atoms with Crippen LogP contribution in [0, 0.1) is 5.92 Å². The number of hydrogen-bond donors (Lipinski definition) is 1. The van der Waals surface area contributed by atoms with Gasteiger partial charge in [-0.15, -0.1) is 12.4 Å². The number of nitrogens with one attached hydrogen (secondary N) is 1. The maximum atomic E-state index is 12.7. The molecule has 2 fully saturated rings. The molecule has 0 unspecified atom stereocenters. The van der Waals surface area contributed by atoms with Gasteiger partial charge in [0.1, 0.15) is 0 Å². The van der Waals surface area contributed by atoms with Crippen molar-refractivity contribution in [3.8, 4) is 0 Å². The first-order chi connectivity index (χ1) is 12.5. The summed E-state index contributed by atoms with van der Waals surface area (Å²) in [6.45, 7) is 3.63. The Kier molecular flexibility index (Phi) is 8.37. The van der Waals surface area contributed by atoms with Gasteiger partial charge in [-0.3, -0.25) is 4.79 Å². The van der Waals surface area contributed by atoms with Crippen LogP contribution in [0.15, 0.2) is 29.2 Å². The van der Waals surface area contributed by atoms with E-state index < -0.39 is 10.0 Å². The molecule has 27 heavy (non-hydrogen) atoms. The van der Waals surface area contributed by atoms with Gasteiger partial charge in [-0.2, -0.15) is 4.31 Å². The Balaban J connectivity index is 0.00000261. The number of sulfonamides is 1. The molecule has 0 aliphatic carbocycles. The number of piperazine rings is 1. The van der Waals surface area contributed by atoms with Gasteiger partial charge in [-0.05, 0) is 56.5 Å². The van der Waals surface area contributed by atoms with E-state index in [2.05, 4.69) is 5.32 Å². The van der Waals surface area contributed by atoms with E-state index >= 15 is 0 Å². The Morgan fingerprint density at radius 3 is 2.44 bits per heavy atom. The first-order valence-corrected chi connectivity index (χ1v) is 11.0. The molecular formula is C18H27Cl2N3O3S. The van der Waals surface area contributed by atoms with Crippen LogP contribution in [0.2, 0.25) is 5.02 Å². The van der Waals surface area contributed by atoms with Gasteiger partial charge in [-0.25, -0.2) is 8.42 Å². The molecule has 1 aromatic carbocycles. The van der Waals surface area contributed by atoms with Gasteiger partial charge >= 0.3 is 0 Å². The van der Waals surface area contributed by atoms with E-state index in [1.807, 2.05) is 0 Å². The van der Waals surface area contributed by atoms with E-state index in [-0.39, 0.29) is 23.2 Å². The third-order valence-corrected chi connectivity index (χ3v) is 7.38. The van der Waals surface area contributed by atoms with Gasteiger partial charge in [0, 0.05) is 37.6 Å². The minimum absolute atomic E-state index is 0. The van der Waals surface area contributed by atoms with E-state index in [1.165, 1.54) is 10.4 Å². The molecule has 6 nitrogen and oxygen atoms in total. The lowest BCUT2D eigenvalue weighted by atomic mass is 9.93. The first kappa shape index (κ1) is 22.4. The van der Waals surface area contributed by atoms with Crippen LogP contribution in [0.1, 0.15) is 25.7 Å². The van der Waals surface area contributed by atoms with Crippen LogP contribution in [0.25, 0.3) is 0 Å². The monoisotopic (exact) mass is 435 g/mol. The van der Waals surface area contributed by atoms with Gasteiger partial charge in [0.2, 0.25) is 15.9 Å². The fourth-order valence-electron chi connectivity index (χ4n) is 3.61. The second kappa shape index (κ2) is 10.1. The second-order valence-electron chi connectivity index (χ2n) is 6.97. The molecule has 1 aromatic rings. The molecule has 2 aliphatic heterocycles. The van der Waals surface area contributed by atoms with E-state index in [9.17, 15) is 13.2 Å². The SMILES string of the molecule is Cl.O=C(CCC1CCNCC1)N1CCN(S(=O)(=O)c2cccc(Cl)c2)CC1. The summed E-state index contributed by atoms with van der Waals surface area (Å²) in [5, 5.41) is 3.74. The Hall–Kier alpha value is -0.860. The summed E-state index contributed by atoms with van der Waals surface area (Å²) in [5.74, 6) is 0.771. The van der Waals surface area contributed by atoms with Crippen LogP contribution >= 0.6 is 24.0 Å². The Bertz CT molecular complexity index is 731. The summed E-state index contributed by atoms with van der Waals surface area (Å²) >= 11 is 5.91. The van der Waals surface area contributed by atoms with Gasteiger partial charge in [-0.1, -0.05) is 17.7 Å². The van der Waals surface area contributed by atoms with E-state index in [1.54, 1.807) is 23.1 Å². The maximum absolute atomic E-state index is 12.7. The summed E-state index contributed by atoms with van der Waals surface area (Å²) < 4.78 is 26.9. The summed E-state index contributed by atoms with van der Waals surface area (Å²) in [6.07, 6.45) is 3.77. The smallest absolute Gasteiger partial charge is 0.243 e. The molecule has 2 saturated heterocycles. The molecule has 1 N–H and O–H groups in total. The number of benzene rings is 1. The summed E-state index contributed by atoms with van der Waals surface area (Å²) in [7, 11) is -3.56. The number of hydrogen-bond acceptors (Lipinski definition) is 4. The number of carbonyl (C=O) groups excluding carboxylic acids is 1. The highest BCUT2D eigenvalue weighted by atomic mass is 35.5. The molecule has 0 atom stereocenters. The Morgan fingerprint density at radius 2 is 1.81 bits per heavy atom. The van der Waals surface area contributed by atoms with Crippen LogP contribution in [0.4, 0.5) is 0 Å². The fourth-order valence-corrected chi connectivity index (χ4v) is 5.33. The predicted octanol–water partition coefficient (Wildman–Crippen LogP) is 2.37. The van der Waals surface area contributed by atoms with Crippen LogP contribution < -0.4 is 5.32 Å². The van der Waals surface area contributed by atoms with Crippen molar-refractivity contribution in [3.63, 3.8) is 0 Å². The highest BCUT2D eigenvalue weighted by Crippen LogP contribution is 2.22. The quantitative estimate of drug-likeness (QED) is 0.770. The molecule has 0 bridgehead atoms. The van der Waals surface area contributed by atoms with Crippen molar-refractivity contribution in [1.82, 2.24) is 14.5 Å². The molecule has 2 heterocycles. The summed E-state index contributed by atoms with van der Waals surface area (Å²) in [4.78, 5) is 14.4. The number of rotatable bonds is 5. The van der Waals surface area contributed by atoms with Gasteiger partial charge in [0.05, 0.1) is 4.90 Å². The van der Waals surface area contributed by atoms with Crippen LogP contribution in [0.3, 0.4) is 0 Å². The molecular weight excluding hydrogens is 409 g/mol. The molecule has 9 heteroatoms. The van der Waals surface area contributed by atoms with Crippen LogP contribution in [-0.2, 0) is 14.8 Å². The topological polar surface area (TPSA) is 69.7 Å². The van der Waals surface area contributed by atoms with E-state index in [4.69, 9.17) is 11.6 Å². The van der Waals surface area contributed by atoms with Crippen molar-refractivity contribution in [3.05, 3.63) is 29.3 Å². The van der Waals surface area contributed by atoms with Crippen molar-refractivity contribution in [2.75, 3.05) is 39.3 Å². The largest absolute Gasteiger partial charge is 0.340 e. The number of amides is 1. The molecule has 2 aliphatic rings. The average molecular weight is 436 g/mol. The Labute approximate surface area is 172 Å². The lowest BCUT2D eigenvalue weighted by Crippen LogP contribution is -2.50. The first-order valence-electron chi connectivity index (χ1n) is 9.21. The number of halogens is 2. The van der Waals surface area contributed by atoms with Crippen LogP contribution in [0.5, 0.6) is 0 Å². The molecule has 1 amide bonds. The molecule has 0 radical (unpaired) electrons. The van der Waals surface area contributed by atoms with Gasteiger partial charge in [0.25, 0.3) is 0 Å². The number of nitrogens with zero attached hydrogens (tertiary/aromatic N) is 2. The minimum atomic E-state index is -3.56. The van der Waals surface area contributed by atoms with Crippen molar-refractivity contribution < 1.29 is 13.2 Å². The molecule has 0 aromatic heterocycles. The predicted molar refractivity (Wildman–Crippen MR) is 109 cm³/mol. The maximum Gasteiger partial charge on any atom is 0.243 e. The highest BCUT2D eigenvalue weighted by Gasteiger charge is 2.30. The zero-order chi connectivity index (χ0) is 18.6. The molecule has 3 rings (SSSR count). The number of piperidine rings is 1. The Morgan fingerprint density at radius 1 is 1.15 bits per heavy atom. The zero-order valence-corrected chi connectivity index (χ0v) is 17.7.